The lowest BCUT2D eigenvalue weighted by atomic mass is 9.93. The number of amides is 3. The summed E-state index contributed by atoms with van der Waals surface area (Å²) in [5, 5.41) is 5.87. The monoisotopic (exact) mass is 897 g/mol. The van der Waals surface area contributed by atoms with Crippen LogP contribution in [0.2, 0.25) is 0 Å². The van der Waals surface area contributed by atoms with Gasteiger partial charge in [-0.1, -0.05) is 19.1 Å². The van der Waals surface area contributed by atoms with Gasteiger partial charge in [-0.05, 0) is 86.8 Å². The molecule has 336 valence electrons. The first-order valence-corrected chi connectivity index (χ1v) is 22.8. The molecule has 0 spiro atoms. The maximum atomic E-state index is 15.6. The number of hydrogen-bond acceptors (Lipinski definition) is 11. The van der Waals surface area contributed by atoms with E-state index in [1.165, 1.54) is 13.2 Å². The molecular weight excluding hydrogens is 849 g/mol. The van der Waals surface area contributed by atoms with Gasteiger partial charge in [0.15, 0.2) is 11.9 Å². The van der Waals surface area contributed by atoms with Crippen LogP contribution in [-0.2, 0) is 24.6 Å². The molecular formula is C45H49F2N9O7S. The number of H-pyrrole nitrogens is 1. The van der Waals surface area contributed by atoms with Crippen molar-refractivity contribution in [3.8, 4) is 16.9 Å². The largest absolute Gasteiger partial charge is 0.479 e. The van der Waals surface area contributed by atoms with Crippen LogP contribution in [0.25, 0.3) is 22.2 Å². The van der Waals surface area contributed by atoms with Crippen molar-refractivity contribution in [3.63, 3.8) is 0 Å². The van der Waals surface area contributed by atoms with E-state index in [2.05, 4.69) is 40.1 Å². The molecule has 4 N–H and O–H groups in total. The minimum Gasteiger partial charge on any atom is -0.479 e. The van der Waals surface area contributed by atoms with E-state index in [1.54, 1.807) is 25.4 Å². The van der Waals surface area contributed by atoms with Gasteiger partial charge in [-0.15, -0.1) is 0 Å². The van der Waals surface area contributed by atoms with Crippen molar-refractivity contribution in [2.45, 2.75) is 63.5 Å². The van der Waals surface area contributed by atoms with Crippen LogP contribution in [0, 0.1) is 11.6 Å². The number of pyridine rings is 2. The molecule has 1 unspecified atom stereocenters. The Hall–Kier alpha value is -6.31. The predicted octanol–water partition coefficient (Wildman–Crippen LogP) is 4.89. The fourth-order valence-electron chi connectivity index (χ4n) is 8.37. The number of piperidine rings is 3. The average molecular weight is 898 g/mol. The van der Waals surface area contributed by atoms with Gasteiger partial charge in [0.05, 0.1) is 24.0 Å². The summed E-state index contributed by atoms with van der Waals surface area (Å²) in [6, 6.07) is 15.2. The number of imide groups is 1. The van der Waals surface area contributed by atoms with E-state index in [9.17, 15) is 27.6 Å². The summed E-state index contributed by atoms with van der Waals surface area (Å²) in [6.07, 6.45) is 7.79. The number of likely N-dealkylation sites (tertiary alicyclic amines) is 1. The second kappa shape index (κ2) is 18.8. The molecule has 6 heterocycles. The van der Waals surface area contributed by atoms with Gasteiger partial charge in [-0.2, -0.15) is 12.7 Å². The highest BCUT2D eigenvalue weighted by atomic mass is 32.2. The average Bonchev–Trinajstić information content (AvgIpc) is 3.72. The molecule has 3 fully saturated rings. The number of halogens is 2. The maximum Gasteiger partial charge on any atom is 0.301 e. The number of carbonyl (C=O) groups excluding carboxylic acids is 4. The van der Waals surface area contributed by atoms with Crippen LogP contribution in [0.15, 0.2) is 73.2 Å². The van der Waals surface area contributed by atoms with Gasteiger partial charge in [-0.25, -0.2) is 13.8 Å². The molecule has 3 aliphatic rings. The fourth-order valence-corrected chi connectivity index (χ4v) is 9.30. The molecule has 0 saturated carbocycles. The molecule has 8 rings (SSSR count). The van der Waals surface area contributed by atoms with Crippen LogP contribution in [0.4, 0.5) is 20.2 Å². The SMILES string of the molecule is CCN(C)S(=O)(=O)Nc1ccc(F)c(C(=O)c2c[nH]c3ncc(-c4ccc(N5CCC(NC(=O)CN6CCC(c7ccc(OC8CCC(=O)NC8=O)cn7)CC6)CC5)cc4)cc23)c1F. The third-order valence-corrected chi connectivity index (χ3v) is 13.8. The van der Waals surface area contributed by atoms with E-state index in [-0.39, 0.29) is 42.3 Å². The van der Waals surface area contributed by atoms with E-state index in [4.69, 9.17) is 4.74 Å². The second-order valence-corrected chi connectivity index (χ2v) is 18.1. The lowest BCUT2D eigenvalue weighted by Gasteiger charge is -2.35. The molecule has 0 aliphatic carbocycles. The molecule has 3 aromatic heterocycles. The van der Waals surface area contributed by atoms with Crippen LogP contribution in [0.1, 0.15) is 73.0 Å². The van der Waals surface area contributed by atoms with E-state index < -0.39 is 50.9 Å². The lowest BCUT2D eigenvalue weighted by molar-refractivity contribution is -0.139. The number of ketones is 1. The van der Waals surface area contributed by atoms with Gasteiger partial charge in [-0.3, -0.25) is 39.1 Å². The summed E-state index contributed by atoms with van der Waals surface area (Å²) < 4.78 is 64.5. The van der Waals surface area contributed by atoms with Crippen molar-refractivity contribution in [1.29, 1.82) is 0 Å². The van der Waals surface area contributed by atoms with Crippen molar-refractivity contribution in [2.24, 2.45) is 0 Å². The van der Waals surface area contributed by atoms with E-state index in [0.29, 0.717) is 35.3 Å². The summed E-state index contributed by atoms with van der Waals surface area (Å²) in [4.78, 5) is 66.5. The topological polar surface area (TPSA) is 199 Å². The van der Waals surface area contributed by atoms with Crippen LogP contribution in [0.3, 0.4) is 0 Å². The summed E-state index contributed by atoms with van der Waals surface area (Å²) in [5.74, 6) is -3.40. The van der Waals surface area contributed by atoms with E-state index in [1.807, 2.05) is 36.4 Å². The molecule has 0 radical (unpaired) electrons. The summed E-state index contributed by atoms with van der Waals surface area (Å²) in [5.41, 5.74) is 2.31. The molecule has 19 heteroatoms. The summed E-state index contributed by atoms with van der Waals surface area (Å²) in [6.45, 7) is 5.10. The Kier molecular flexibility index (Phi) is 13.0. The molecule has 2 aromatic carbocycles. The number of carbonyl (C=O) groups is 4. The van der Waals surface area contributed by atoms with Crippen molar-refractivity contribution in [3.05, 3.63) is 102 Å². The lowest BCUT2D eigenvalue weighted by Crippen LogP contribution is -2.48. The van der Waals surface area contributed by atoms with E-state index >= 15 is 8.78 Å². The zero-order chi connectivity index (χ0) is 45.1. The Morgan fingerprint density at radius 3 is 2.36 bits per heavy atom. The van der Waals surface area contributed by atoms with Gasteiger partial charge < -0.3 is 19.9 Å². The highest BCUT2D eigenvalue weighted by molar-refractivity contribution is 7.90. The molecule has 5 aromatic rings. The number of hydrogen-bond donors (Lipinski definition) is 4. The predicted molar refractivity (Wildman–Crippen MR) is 235 cm³/mol. The van der Waals surface area contributed by atoms with Crippen LogP contribution in [-0.4, -0.2) is 115 Å². The highest BCUT2D eigenvalue weighted by Crippen LogP contribution is 2.32. The molecule has 3 amide bonds. The molecule has 3 saturated heterocycles. The van der Waals surface area contributed by atoms with Crippen LogP contribution in [0.5, 0.6) is 5.75 Å². The van der Waals surface area contributed by atoms with Gasteiger partial charge in [0.2, 0.25) is 17.6 Å². The van der Waals surface area contributed by atoms with Crippen molar-refractivity contribution in [2.75, 3.05) is 55.9 Å². The van der Waals surface area contributed by atoms with Crippen molar-refractivity contribution >= 4 is 56.1 Å². The van der Waals surface area contributed by atoms with Gasteiger partial charge >= 0.3 is 10.2 Å². The zero-order valence-corrected chi connectivity index (χ0v) is 36.2. The standard InChI is InChI=1S/C45H49F2N9O7S/c1-3-54(2)64(61,62)53-37-11-9-35(46)41(42(37)47)43(59)34-25-50-44-33(34)22-29(23-49-44)27-4-6-31(7-5-27)56-20-16-30(17-21-56)51-40(58)26-55-18-14-28(15-19-55)36-10-8-32(24-48-36)63-38-12-13-39(57)52-45(38)60/h4-11,22-25,28,30,38,53H,3,12-21,26H2,1-2H3,(H,49,50)(H,51,58)(H,52,57,60). The molecule has 16 nitrogen and oxygen atoms in total. The minimum atomic E-state index is -4.14. The van der Waals surface area contributed by atoms with Gasteiger partial charge in [0.1, 0.15) is 17.2 Å². The van der Waals surface area contributed by atoms with Crippen molar-refractivity contribution in [1.82, 2.24) is 34.8 Å². The quantitative estimate of drug-likeness (QED) is 0.0875. The number of nitrogens with zero attached hydrogens (tertiary/aromatic N) is 5. The number of ether oxygens (including phenoxy) is 1. The number of benzene rings is 2. The number of aromatic amines is 1. The Morgan fingerprint density at radius 2 is 1.67 bits per heavy atom. The first-order chi connectivity index (χ1) is 30.8. The summed E-state index contributed by atoms with van der Waals surface area (Å²) >= 11 is 0. The molecule has 64 heavy (non-hydrogen) atoms. The molecule has 0 bridgehead atoms. The Morgan fingerprint density at radius 1 is 0.922 bits per heavy atom. The Bertz CT molecular complexity index is 2670. The van der Waals surface area contributed by atoms with Crippen LogP contribution >= 0.6 is 0 Å². The Balaban J connectivity index is 0.813. The highest BCUT2D eigenvalue weighted by Gasteiger charge is 2.30. The van der Waals surface area contributed by atoms with Gasteiger partial charge in [0.25, 0.3) is 5.91 Å². The zero-order valence-electron chi connectivity index (χ0n) is 35.4. The maximum absolute atomic E-state index is 15.6. The molecule has 3 aliphatic heterocycles. The second-order valence-electron chi connectivity index (χ2n) is 16.4. The van der Waals surface area contributed by atoms with Gasteiger partial charge in [0, 0.05) is 91.8 Å². The fraction of sp³-hybridized carbons (Fsp3) is 0.378. The number of rotatable bonds is 14. The number of anilines is 2. The van der Waals surface area contributed by atoms with Crippen molar-refractivity contribution < 1.29 is 41.1 Å². The summed E-state index contributed by atoms with van der Waals surface area (Å²) in [7, 11) is -2.84. The Labute approximate surface area is 368 Å². The third-order valence-electron chi connectivity index (χ3n) is 12.2. The first kappa shape index (κ1) is 44.3. The number of nitrogens with one attached hydrogen (secondary N) is 4. The number of aromatic nitrogens is 3. The minimum absolute atomic E-state index is 0.0128. The third kappa shape index (κ3) is 9.75. The number of fused-ring (bicyclic) bond motifs is 1. The molecule has 1 atom stereocenters. The normalized spacial score (nSPS) is 18.0. The first-order valence-electron chi connectivity index (χ1n) is 21.3. The smallest absolute Gasteiger partial charge is 0.301 e. The van der Waals surface area contributed by atoms with E-state index in [0.717, 1.165) is 85.2 Å². The van der Waals surface area contributed by atoms with Crippen LogP contribution < -0.4 is 25.0 Å².